The van der Waals surface area contributed by atoms with Crippen molar-refractivity contribution >= 4 is 0 Å². The van der Waals surface area contributed by atoms with Gasteiger partial charge in [-0.25, -0.2) is 0 Å². The SMILES string of the molecule is CCCCCCCCCCCCCCCCCCc1ccc(C#Cc2ccccc2)cc1. The average molecular weight is 431 g/mol. The molecule has 0 aliphatic heterocycles. The van der Waals surface area contributed by atoms with Gasteiger partial charge in [0.25, 0.3) is 0 Å². The van der Waals surface area contributed by atoms with E-state index in [0.29, 0.717) is 0 Å². The van der Waals surface area contributed by atoms with Crippen LogP contribution in [0.4, 0.5) is 0 Å². The predicted octanol–water partition coefficient (Wildman–Crippen LogP) is 9.89. The molecule has 0 aliphatic rings. The Morgan fingerprint density at radius 1 is 0.438 bits per heavy atom. The van der Waals surface area contributed by atoms with Gasteiger partial charge in [-0.1, -0.05) is 145 Å². The number of hydrogen-bond donors (Lipinski definition) is 0. The van der Waals surface area contributed by atoms with Crippen molar-refractivity contribution in [2.75, 3.05) is 0 Å². The van der Waals surface area contributed by atoms with Crippen LogP contribution in [0.15, 0.2) is 54.6 Å². The van der Waals surface area contributed by atoms with Gasteiger partial charge in [0.1, 0.15) is 0 Å². The van der Waals surface area contributed by atoms with E-state index < -0.39 is 0 Å². The summed E-state index contributed by atoms with van der Waals surface area (Å²) in [4.78, 5) is 0. The summed E-state index contributed by atoms with van der Waals surface area (Å²) in [6, 6.07) is 19.0. The van der Waals surface area contributed by atoms with Gasteiger partial charge in [0.05, 0.1) is 0 Å². The third-order valence-electron chi connectivity index (χ3n) is 6.40. The van der Waals surface area contributed by atoms with Crippen LogP contribution in [0.5, 0.6) is 0 Å². The standard InChI is InChI=1S/C32H46/c1-2-3-4-5-6-7-8-9-10-11-12-13-14-15-16-18-23-31-25-28-32(29-26-31)27-24-30-21-19-17-20-22-30/h17,19-22,25-26,28-29H,2-16,18,23H2,1H3. The van der Waals surface area contributed by atoms with Crippen molar-refractivity contribution in [3.63, 3.8) is 0 Å². The van der Waals surface area contributed by atoms with Crippen LogP contribution in [-0.2, 0) is 6.42 Å². The summed E-state index contributed by atoms with van der Waals surface area (Å²) < 4.78 is 0. The first-order valence-electron chi connectivity index (χ1n) is 13.5. The maximum Gasteiger partial charge on any atom is 0.0249 e. The Labute approximate surface area is 199 Å². The lowest BCUT2D eigenvalue weighted by molar-refractivity contribution is 0.529. The third-order valence-corrected chi connectivity index (χ3v) is 6.40. The predicted molar refractivity (Wildman–Crippen MR) is 142 cm³/mol. The van der Waals surface area contributed by atoms with Gasteiger partial charge in [0, 0.05) is 11.1 Å². The minimum Gasteiger partial charge on any atom is -0.0654 e. The first kappa shape index (κ1) is 26.3. The largest absolute Gasteiger partial charge is 0.0654 e. The van der Waals surface area contributed by atoms with E-state index in [4.69, 9.17) is 0 Å². The molecule has 2 rings (SSSR count). The summed E-state index contributed by atoms with van der Waals surface area (Å²) >= 11 is 0. The van der Waals surface area contributed by atoms with E-state index in [0.717, 1.165) is 11.1 Å². The van der Waals surface area contributed by atoms with Gasteiger partial charge < -0.3 is 0 Å². The molecule has 0 saturated carbocycles. The first-order valence-corrected chi connectivity index (χ1v) is 13.5. The number of unbranched alkanes of at least 4 members (excludes halogenated alkanes) is 15. The highest BCUT2D eigenvalue weighted by Crippen LogP contribution is 2.15. The Bertz CT molecular complexity index is 729. The Morgan fingerprint density at radius 2 is 0.844 bits per heavy atom. The van der Waals surface area contributed by atoms with Crippen molar-refractivity contribution in [1.82, 2.24) is 0 Å². The van der Waals surface area contributed by atoms with Crippen molar-refractivity contribution in [2.45, 2.75) is 116 Å². The molecule has 0 radical (unpaired) electrons. The molecule has 174 valence electrons. The number of aryl methyl sites for hydroxylation is 1. The molecule has 0 heterocycles. The van der Waals surface area contributed by atoms with Crippen molar-refractivity contribution in [3.8, 4) is 11.8 Å². The summed E-state index contributed by atoms with van der Waals surface area (Å²) in [5.74, 6) is 6.49. The van der Waals surface area contributed by atoms with E-state index in [1.54, 1.807) is 0 Å². The van der Waals surface area contributed by atoms with Crippen LogP contribution in [-0.4, -0.2) is 0 Å². The first-order chi connectivity index (χ1) is 15.9. The molecule has 0 nitrogen and oxygen atoms in total. The van der Waals surface area contributed by atoms with Crippen molar-refractivity contribution in [3.05, 3.63) is 71.3 Å². The third kappa shape index (κ3) is 13.4. The topological polar surface area (TPSA) is 0 Å². The second kappa shape index (κ2) is 18.6. The maximum atomic E-state index is 3.26. The second-order valence-electron chi connectivity index (χ2n) is 9.37. The molecule has 32 heavy (non-hydrogen) atoms. The molecule has 2 aromatic carbocycles. The van der Waals surface area contributed by atoms with E-state index in [1.165, 1.54) is 115 Å². The zero-order valence-corrected chi connectivity index (χ0v) is 20.7. The van der Waals surface area contributed by atoms with E-state index in [9.17, 15) is 0 Å². The number of rotatable bonds is 17. The molecule has 0 bridgehead atoms. The molecule has 0 aliphatic carbocycles. The van der Waals surface area contributed by atoms with Crippen LogP contribution in [0.25, 0.3) is 0 Å². The fourth-order valence-corrected chi connectivity index (χ4v) is 4.30. The van der Waals surface area contributed by atoms with Gasteiger partial charge in [0.2, 0.25) is 0 Å². The molecule has 0 saturated heterocycles. The summed E-state index contributed by atoms with van der Waals surface area (Å²) in [6.07, 6.45) is 24.1. The van der Waals surface area contributed by atoms with Crippen LogP contribution in [0.2, 0.25) is 0 Å². The Hall–Kier alpha value is -2.00. The monoisotopic (exact) mass is 430 g/mol. The fourth-order valence-electron chi connectivity index (χ4n) is 4.30. The number of hydrogen-bond acceptors (Lipinski definition) is 0. The fraction of sp³-hybridized carbons (Fsp3) is 0.562. The lowest BCUT2D eigenvalue weighted by atomic mass is 10.0. The van der Waals surface area contributed by atoms with E-state index >= 15 is 0 Å². The van der Waals surface area contributed by atoms with Gasteiger partial charge in [-0.15, -0.1) is 0 Å². The van der Waals surface area contributed by atoms with Gasteiger partial charge in [-0.05, 0) is 42.7 Å². The molecule has 0 fully saturated rings. The van der Waals surface area contributed by atoms with Crippen LogP contribution in [0.1, 0.15) is 126 Å². The normalized spacial score (nSPS) is 10.7. The van der Waals surface area contributed by atoms with Crippen LogP contribution in [0, 0.1) is 11.8 Å². The molecule has 0 N–H and O–H groups in total. The molecule has 0 spiro atoms. The summed E-state index contributed by atoms with van der Waals surface area (Å²) in [5, 5.41) is 0. The Kier molecular flexibility index (Phi) is 15.2. The van der Waals surface area contributed by atoms with Crippen LogP contribution >= 0.6 is 0 Å². The summed E-state index contributed by atoms with van der Waals surface area (Å²) in [7, 11) is 0. The molecule has 2 aromatic rings. The molecule has 0 amide bonds. The van der Waals surface area contributed by atoms with Gasteiger partial charge in [0.15, 0.2) is 0 Å². The molecule has 0 atom stereocenters. The molecular weight excluding hydrogens is 384 g/mol. The lowest BCUT2D eigenvalue weighted by Crippen LogP contribution is -1.87. The van der Waals surface area contributed by atoms with E-state index in [1.807, 2.05) is 18.2 Å². The van der Waals surface area contributed by atoms with Crippen molar-refractivity contribution in [2.24, 2.45) is 0 Å². The Morgan fingerprint density at radius 3 is 1.31 bits per heavy atom. The van der Waals surface area contributed by atoms with Crippen LogP contribution < -0.4 is 0 Å². The molecular formula is C32H46. The maximum absolute atomic E-state index is 3.26. The molecule has 0 heteroatoms. The minimum atomic E-state index is 1.07. The zero-order chi connectivity index (χ0) is 22.5. The smallest absolute Gasteiger partial charge is 0.0249 e. The van der Waals surface area contributed by atoms with Crippen molar-refractivity contribution in [1.29, 1.82) is 0 Å². The summed E-state index contributed by atoms with van der Waals surface area (Å²) in [5.41, 5.74) is 3.62. The van der Waals surface area contributed by atoms with E-state index in [2.05, 4.69) is 55.2 Å². The highest BCUT2D eigenvalue weighted by molar-refractivity contribution is 5.43. The summed E-state index contributed by atoms with van der Waals surface area (Å²) in [6.45, 7) is 2.30. The molecule has 0 unspecified atom stereocenters. The van der Waals surface area contributed by atoms with Gasteiger partial charge >= 0.3 is 0 Å². The lowest BCUT2D eigenvalue weighted by Gasteiger charge is -2.04. The Balaban J connectivity index is 1.39. The minimum absolute atomic E-state index is 1.07. The molecule has 0 aromatic heterocycles. The van der Waals surface area contributed by atoms with E-state index in [-0.39, 0.29) is 0 Å². The van der Waals surface area contributed by atoms with Gasteiger partial charge in [-0.3, -0.25) is 0 Å². The second-order valence-corrected chi connectivity index (χ2v) is 9.37. The highest BCUT2D eigenvalue weighted by atomic mass is 14.0. The van der Waals surface area contributed by atoms with Crippen LogP contribution in [0.3, 0.4) is 0 Å². The van der Waals surface area contributed by atoms with Gasteiger partial charge in [-0.2, -0.15) is 0 Å². The zero-order valence-electron chi connectivity index (χ0n) is 20.7. The number of benzene rings is 2. The quantitative estimate of drug-likeness (QED) is 0.173. The average Bonchev–Trinajstić information content (AvgIpc) is 2.84. The van der Waals surface area contributed by atoms with Crippen molar-refractivity contribution < 1.29 is 0 Å². The highest BCUT2D eigenvalue weighted by Gasteiger charge is 1.97.